The molecule has 0 amide bonds. The first kappa shape index (κ1) is 13.4. The molecule has 0 saturated heterocycles. The molecule has 0 spiro atoms. The van der Waals surface area contributed by atoms with Gasteiger partial charge >= 0.3 is 0 Å². The highest BCUT2D eigenvalue weighted by Crippen LogP contribution is 2.34. The predicted molar refractivity (Wildman–Crippen MR) is 71.6 cm³/mol. The Kier molecular flexibility index (Phi) is 6.74. The van der Waals surface area contributed by atoms with Crippen molar-refractivity contribution >= 4 is 11.8 Å². The molecule has 0 aliphatic heterocycles. The van der Waals surface area contributed by atoms with E-state index in [1.807, 2.05) is 0 Å². The third-order valence-electron chi connectivity index (χ3n) is 3.44. The van der Waals surface area contributed by atoms with Crippen LogP contribution >= 0.6 is 11.8 Å². The van der Waals surface area contributed by atoms with Gasteiger partial charge in [0.1, 0.15) is 0 Å². The average Bonchev–Trinajstić information content (AvgIpc) is 2.63. The van der Waals surface area contributed by atoms with Gasteiger partial charge in [-0.05, 0) is 42.7 Å². The molecule has 2 unspecified atom stereocenters. The molecular formula is C13H27NS. The molecule has 1 aliphatic rings. The Morgan fingerprint density at radius 1 is 1.27 bits per heavy atom. The van der Waals surface area contributed by atoms with Crippen LogP contribution in [0, 0.1) is 11.8 Å². The summed E-state index contributed by atoms with van der Waals surface area (Å²) < 4.78 is 0. The number of hydrogen-bond acceptors (Lipinski definition) is 2. The van der Waals surface area contributed by atoms with Crippen LogP contribution < -0.4 is 5.32 Å². The van der Waals surface area contributed by atoms with Crippen LogP contribution in [0.15, 0.2) is 0 Å². The zero-order valence-electron chi connectivity index (χ0n) is 10.6. The van der Waals surface area contributed by atoms with Crippen molar-refractivity contribution in [2.45, 2.75) is 52.5 Å². The van der Waals surface area contributed by atoms with Crippen molar-refractivity contribution < 1.29 is 0 Å². The van der Waals surface area contributed by atoms with Crippen molar-refractivity contribution in [3.8, 4) is 0 Å². The molecule has 0 bridgehead atoms. The van der Waals surface area contributed by atoms with Crippen molar-refractivity contribution in [3.63, 3.8) is 0 Å². The van der Waals surface area contributed by atoms with Gasteiger partial charge in [0, 0.05) is 6.04 Å². The fourth-order valence-electron chi connectivity index (χ4n) is 2.53. The van der Waals surface area contributed by atoms with Gasteiger partial charge in [0.15, 0.2) is 0 Å². The Balaban J connectivity index is 2.17. The summed E-state index contributed by atoms with van der Waals surface area (Å²) in [5.41, 5.74) is 0. The molecular weight excluding hydrogens is 202 g/mol. The Morgan fingerprint density at radius 3 is 2.67 bits per heavy atom. The van der Waals surface area contributed by atoms with Gasteiger partial charge in [-0.15, -0.1) is 0 Å². The third-order valence-corrected chi connectivity index (χ3v) is 4.37. The van der Waals surface area contributed by atoms with E-state index in [-0.39, 0.29) is 0 Å². The molecule has 1 N–H and O–H groups in total. The van der Waals surface area contributed by atoms with Crippen LogP contribution in [-0.2, 0) is 0 Å². The molecule has 0 aromatic rings. The standard InChI is InChI=1S/C13H27NS/c1-4-15-9-8-12-6-5-7-13(12)10-14-11(2)3/h11-14H,4-10H2,1-3H3. The smallest absolute Gasteiger partial charge is 0.00104 e. The van der Waals surface area contributed by atoms with Gasteiger partial charge in [-0.25, -0.2) is 0 Å². The second kappa shape index (κ2) is 7.56. The summed E-state index contributed by atoms with van der Waals surface area (Å²) in [6.45, 7) is 8.00. The van der Waals surface area contributed by atoms with Crippen LogP contribution in [0.5, 0.6) is 0 Å². The molecule has 1 aliphatic carbocycles. The van der Waals surface area contributed by atoms with Crippen LogP contribution in [0.3, 0.4) is 0 Å². The summed E-state index contributed by atoms with van der Waals surface area (Å²) in [6.07, 6.45) is 5.85. The summed E-state index contributed by atoms with van der Waals surface area (Å²) in [7, 11) is 0. The highest BCUT2D eigenvalue weighted by molar-refractivity contribution is 7.99. The topological polar surface area (TPSA) is 12.0 Å². The molecule has 15 heavy (non-hydrogen) atoms. The first-order valence-electron chi connectivity index (χ1n) is 6.55. The lowest BCUT2D eigenvalue weighted by atomic mass is 9.93. The van der Waals surface area contributed by atoms with Crippen molar-refractivity contribution in [2.75, 3.05) is 18.1 Å². The number of hydrogen-bond donors (Lipinski definition) is 1. The van der Waals surface area contributed by atoms with E-state index in [4.69, 9.17) is 0 Å². The maximum absolute atomic E-state index is 3.60. The number of thioether (sulfide) groups is 1. The summed E-state index contributed by atoms with van der Waals surface area (Å²) in [5.74, 6) is 4.63. The van der Waals surface area contributed by atoms with E-state index < -0.39 is 0 Å². The highest BCUT2D eigenvalue weighted by atomic mass is 32.2. The van der Waals surface area contributed by atoms with Crippen LogP contribution in [0.25, 0.3) is 0 Å². The van der Waals surface area contributed by atoms with Crippen LogP contribution in [-0.4, -0.2) is 24.1 Å². The van der Waals surface area contributed by atoms with Crippen LogP contribution in [0.1, 0.15) is 46.5 Å². The maximum atomic E-state index is 3.60. The molecule has 1 rings (SSSR count). The highest BCUT2D eigenvalue weighted by Gasteiger charge is 2.26. The summed E-state index contributed by atoms with van der Waals surface area (Å²) in [6, 6.07) is 0.649. The van der Waals surface area contributed by atoms with Gasteiger partial charge < -0.3 is 5.32 Å². The fourth-order valence-corrected chi connectivity index (χ4v) is 3.29. The van der Waals surface area contributed by atoms with Crippen LogP contribution in [0.2, 0.25) is 0 Å². The monoisotopic (exact) mass is 229 g/mol. The minimum Gasteiger partial charge on any atom is -0.314 e. The second-order valence-corrected chi connectivity index (χ2v) is 6.39. The van der Waals surface area contributed by atoms with Crippen molar-refractivity contribution in [1.82, 2.24) is 5.32 Å². The Labute approximate surface area is 99.8 Å². The van der Waals surface area contributed by atoms with E-state index in [2.05, 4.69) is 37.8 Å². The summed E-state index contributed by atoms with van der Waals surface area (Å²) >= 11 is 2.10. The van der Waals surface area contributed by atoms with Gasteiger partial charge in [-0.1, -0.05) is 33.6 Å². The van der Waals surface area contributed by atoms with Gasteiger partial charge in [0.25, 0.3) is 0 Å². The Morgan fingerprint density at radius 2 is 2.00 bits per heavy atom. The molecule has 0 radical (unpaired) electrons. The molecule has 2 atom stereocenters. The van der Waals surface area contributed by atoms with Crippen molar-refractivity contribution in [3.05, 3.63) is 0 Å². The lowest BCUT2D eigenvalue weighted by Crippen LogP contribution is -2.30. The molecule has 1 fully saturated rings. The van der Waals surface area contributed by atoms with E-state index in [0.717, 1.165) is 11.8 Å². The molecule has 0 heterocycles. The molecule has 1 nitrogen and oxygen atoms in total. The van der Waals surface area contributed by atoms with Crippen molar-refractivity contribution in [2.24, 2.45) is 11.8 Å². The summed E-state index contributed by atoms with van der Waals surface area (Å²) in [4.78, 5) is 0. The average molecular weight is 229 g/mol. The number of rotatable bonds is 7. The van der Waals surface area contributed by atoms with E-state index >= 15 is 0 Å². The SMILES string of the molecule is CCSCCC1CCCC1CNC(C)C. The second-order valence-electron chi connectivity index (χ2n) is 5.00. The van der Waals surface area contributed by atoms with Gasteiger partial charge in [0.2, 0.25) is 0 Å². The summed E-state index contributed by atoms with van der Waals surface area (Å²) in [5, 5.41) is 3.60. The molecule has 2 heteroatoms. The van der Waals surface area contributed by atoms with E-state index in [1.54, 1.807) is 0 Å². The predicted octanol–water partition coefficient (Wildman–Crippen LogP) is 3.54. The van der Waals surface area contributed by atoms with Gasteiger partial charge in [0.05, 0.1) is 0 Å². The molecule has 1 saturated carbocycles. The normalized spacial score (nSPS) is 26.4. The zero-order chi connectivity index (χ0) is 11.1. The first-order chi connectivity index (χ1) is 7.24. The lowest BCUT2D eigenvalue weighted by Gasteiger charge is -2.21. The maximum Gasteiger partial charge on any atom is 0.00104 e. The van der Waals surface area contributed by atoms with Gasteiger partial charge in [-0.3, -0.25) is 0 Å². The Bertz CT molecular complexity index is 159. The minimum atomic E-state index is 0.649. The van der Waals surface area contributed by atoms with Gasteiger partial charge in [-0.2, -0.15) is 11.8 Å². The zero-order valence-corrected chi connectivity index (χ0v) is 11.4. The number of nitrogens with one attached hydrogen (secondary N) is 1. The quantitative estimate of drug-likeness (QED) is 0.670. The Hall–Kier alpha value is 0.310. The molecule has 90 valence electrons. The fraction of sp³-hybridized carbons (Fsp3) is 1.00. The molecule has 0 aromatic carbocycles. The molecule has 0 aromatic heterocycles. The minimum absolute atomic E-state index is 0.649. The van der Waals surface area contributed by atoms with Crippen LogP contribution in [0.4, 0.5) is 0 Å². The lowest BCUT2D eigenvalue weighted by molar-refractivity contribution is 0.349. The van der Waals surface area contributed by atoms with E-state index in [1.165, 1.54) is 43.7 Å². The largest absolute Gasteiger partial charge is 0.314 e. The van der Waals surface area contributed by atoms with E-state index in [0.29, 0.717) is 6.04 Å². The third kappa shape index (κ3) is 5.26. The van der Waals surface area contributed by atoms with Crippen molar-refractivity contribution in [1.29, 1.82) is 0 Å². The first-order valence-corrected chi connectivity index (χ1v) is 7.70. The van der Waals surface area contributed by atoms with E-state index in [9.17, 15) is 0 Å².